The third-order valence-corrected chi connectivity index (χ3v) is 7.00. The molecule has 2 aliphatic heterocycles. The number of hydrogen-bond acceptors (Lipinski definition) is 4. The first-order valence-electron chi connectivity index (χ1n) is 10.8. The van der Waals surface area contributed by atoms with E-state index in [0.717, 1.165) is 41.8 Å². The summed E-state index contributed by atoms with van der Waals surface area (Å²) in [5.74, 6) is -0.746. The molecule has 0 aromatic heterocycles. The molecule has 0 radical (unpaired) electrons. The minimum atomic E-state index is -0.844. The Balaban J connectivity index is 1.55. The van der Waals surface area contributed by atoms with Gasteiger partial charge in [0.1, 0.15) is 6.54 Å². The molecular formula is C24H27N3O3S. The molecule has 31 heavy (non-hydrogen) atoms. The average Bonchev–Trinajstić information content (AvgIpc) is 2.81. The number of para-hydroxylation sites is 2. The van der Waals surface area contributed by atoms with Crippen LogP contribution in [0, 0.1) is 0 Å². The fraction of sp³-hybridized carbons (Fsp3) is 0.375. The van der Waals surface area contributed by atoms with Gasteiger partial charge in [0.05, 0.1) is 5.69 Å². The molecule has 1 saturated heterocycles. The van der Waals surface area contributed by atoms with Gasteiger partial charge in [-0.3, -0.25) is 14.4 Å². The molecule has 4 rings (SSSR count). The number of anilines is 2. The number of piperidine rings is 1. The normalized spacial score (nSPS) is 18.5. The fourth-order valence-corrected chi connectivity index (χ4v) is 5.29. The molecule has 1 unspecified atom stereocenters. The van der Waals surface area contributed by atoms with Gasteiger partial charge in [0.25, 0.3) is 5.91 Å². The first-order chi connectivity index (χ1) is 15.1. The van der Waals surface area contributed by atoms with Crippen LogP contribution in [0.5, 0.6) is 0 Å². The lowest BCUT2D eigenvalue weighted by molar-refractivity contribution is -0.135. The molecule has 0 aliphatic carbocycles. The maximum atomic E-state index is 13.4. The zero-order chi connectivity index (χ0) is 21.8. The van der Waals surface area contributed by atoms with Crippen molar-refractivity contribution in [3.05, 3.63) is 54.1 Å². The number of benzene rings is 2. The summed E-state index contributed by atoms with van der Waals surface area (Å²) in [6.45, 7) is 3.29. The van der Waals surface area contributed by atoms with E-state index in [4.69, 9.17) is 0 Å². The number of carbonyl (C=O) groups is 3. The molecular weight excluding hydrogens is 410 g/mol. The SMILES string of the molecule is CCc1ccccc1NC(=O)CN1C(=O)C(C(=O)N2CCCCC2)Sc2ccccc21. The lowest BCUT2D eigenvalue weighted by Crippen LogP contribution is -2.52. The highest BCUT2D eigenvalue weighted by molar-refractivity contribution is 8.01. The number of thioether (sulfide) groups is 1. The molecule has 0 saturated carbocycles. The Kier molecular flexibility index (Phi) is 6.61. The largest absolute Gasteiger partial charge is 0.341 e. The zero-order valence-corrected chi connectivity index (χ0v) is 18.5. The highest BCUT2D eigenvalue weighted by atomic mass is 32.2. The maximum absolute atomic E-state index is 13.4. The number of fused-ring (bicyclic) bond motifs is 1. The Morgan fingerprint density at radius 2 is 1.74 bits per heavy atom. The average molecular weight is 438 g/mol. The van der Waals surface area contributed by atoms with E-state index in [9.17, 15) is 14.4 Å². The van der Waals surface area contributed by atoms with Crippen LogP contribution < -0.4 is 10.2 Å². The second-order valence-corrected chi connectivity index (χ2v) is 8.98. The molecule has 2 heterocycles. The lowest BCUT2D eigenvalue weighted by atomic mass is 10.1. The topological polar surface area (TPSA) is 69.7 Å². The lowest BCUT2D eigenvalue weighted by Gasteiger charge is -2.36. The van der Waals surface area contributed by atoms with Gasteiger partial charge in [-0.15, -0.1) is 11.8 Å². The molecule has 1 fully saturated rings. The maximum Gasteiger partial charge on any atom is 0.250 e. The second kappa shape index (κ2) is 9.56. The monoisotopic (exact) mass is 437 g/mol. The molecule has 0 spiro atoms. The minimum Gasteiger partial charge on any atom is -0.341 e. The molecule has 0 bridgehead atoms. The number of carbonyl (C=O) groups excluding carboxylic acids is 3. The van der Waals surface area contributed by atoms with Crippen LogP contribution in [-0.4, -0.2) is 47.5 Å². The zero-order valence-electron chi connectivity index (χ0n) is 17.7. The molecule has 2 aromatic rings. The number of likely N-dealkylation sites (tertiary alicyclic amines) is 1. The summed E-state index contributed by atoms with van der Waals surface area (Å²) >= 11 is 1.29. The van der Waals surface area contributed by atoms with Gasteiger partial charge < -0.3 is 15.1 Å². The van der Waals surface area contributed by atoms with Crippen LogP contribution in [-0.2, 0) is 20.8 Å². The summed E-state index contributed by atoms with van der Waals surface area (Å²) in [6, 6.07) is 15.1. The first kappa shape index (κ1) is 21.4. The number of amides is 3. The molecule has 3 amide bonds. The van der Waals surface area contributed by atoms with E-state index in [0.29, 0.717) is 18.8 Å². The summed E-state index contributed by atoms with van der Waals surface area (Å²) in [4.78, 5) is 43.5. The number of rotatable bonds is 5. The quantitative estimate of drug-likeness (QED) is 0.724. The molecule has 1 N–H and O–H groups in total. The van der Waals surface area contributed by atoms with Crippen LogP contribution in [0.1, 0.15) is 31.7 Å². The molecule has 7 heteroatoms. The minimum absolute atomic E-state index is 0.127. The first-order valence-corrected chi connectivity index (χ1v) is 11.7. The van der Waals surface area contributed by atoms with Gasteiger partial charge in [-0.2, -0.15) is 0 Å². The summed E-state index contributed by atoms with van der Waals surface area (Å²) in [7, 11) is 0. The van der Waals surface area contributed by atoms with Crippen LogP contribution in [0.3, 0.4) is 0 Å². The van der Waals surface area contributed by atoms with Gasteiger partial charge in [-0.25, -0.2) is 0 Å². The van der Waals surface area contributed by atoms with Crippen molar-refractivity contribution in [2.24, 2.45) is 0 Å². The van der Waals surface area contributed by atoms with Crippen molar-refractivity contribution < 1.29 is 14.4 Å². The molecule has 1 atom stereocenters. The smallest absolute Gasteiger partial charge is 0.250 e. The standard InChI is InChI=1S/C24H27N3O3S/c1-2-17-10-4-5-11-18(17)25-21(28)16-27-19-12-6-7-13-20(19)31-22(24(27)30)23(29)26-14-8-3-9-15-26/h4-7,10-13,22H,2-3,8-9,14-16H2,1H3,(H,25,28). The Labute approximate surface area is 187 Å². The van der Waals surface area contributed by atoms with Crippen molar-refractivity contribution >= 4 is 40.9 Å². The van der Waals surface area contributed by atoms with Crippen molar-refractivity contribution in [2.75, 3.05) is 29.9 Å². The number of hydrogen-bond donors (Lipinski definition) is 1. The molecule has 162 valence electrons. The van der Waals surface area contributed by atoms with Crippen molar-refractivity contribution in [2.45, 2.75) is 42.8 Å². The molecule has 6 nitrogen and oxygen atoms in total. The van der Waals surface area contributed by atoms with Crippen molar-refractivity contribution in [3.63, 3.8) is 0 Å². The highest BCUT2D eigenvalue weighted by Gasteiger charge is 2.41. The molecule has 2 aliphatic rings. The van der Waals surface area contributed by atoms with Gasteiger partial charge in [0, 0.05) is 23.7 Å². The van der Waals surface area contributed by atoms with Gasteiger partial charge in [0.2, 0.25) is 11.8 Å². The van der Waals surface area contributed by atoms with E-state index in [-0.39, 0.29) is 24.3 Å². The summed E-state index contributed by atoms with van der Waals surface area (Å²) in [5.41, 5.74) is 2.47. The van der Waals surface area contributed by atoms with Gasteiger partial charge in [-0.1, -0.05) is 37.3 Å². The van der Waals surface area contributed by atoms with Crippen molar-refractivity contribution in [3.8, 4) is 0 Å². The van der Waals surface area contributed by atoms with Crippen LogP contribution in [0.2, 0.25) is 0 Å². The van der Waals surface area contributed by atoms with Crippen molar-refractivity contribution in [1.29, 1.82) is 0 Å². The van der Waals surface area contributed by atoms with Gasteiger partial charge in [0.15, 0.2) is 5.25 Å². The fourth-order valence-electron chi connectivity index (χ4n) is 4.10. The van der Waals surface area contributed by atoms with Crippen molar-refractivity contribution in [1.82, 2.24) is 4.90 Å². The van der Waals surface area contributed by atoms with E-state index in [1.807, 2.05) is 55.5 Å². The van der Waals surface area contributed by atoms with Crippen LogP contribution in [0.15, 0.2) is 53.4 Å². The summed E-state index contributed by atoms with van der Waals surface area (Å²) in [6.07, 6.45) is 3.85. The van der Waals surface area contributed by atoms with E-state index in [1.165, 1.54) is 16.7 Å². The predicted molar refractivity (Wildman–Crippen MR) is 123 cm³/mol. The Hall–Kier alpha value is -2.80. The Morgan fingerprint density at radius 1 is 1.03 bits per heavy atom. The predicted octanol–water partition coefficient (Wildman–Crippen LogP) is 3.71. The van der Waals surface area contributed by atoms with Gasteiger partial charge >= 0.3 is 0 Å². The van der Waals surface area contributed by atoms with E-state index in [2.05, 4.69) is 5.32 Å². The van der Waals surface area contributed by atoms with Crippen LogP contribution in [0.25, 0.3) is 0 Å². The third kappa shape index (κ3) is 4.61. The Morgan fingerprint density at radius 3 is 2.52 bits per heavy atom. The number of nitrogens with one attached hydrogen (secondary N) is 1. The van der Waals surface area contributed by atoms with Crippen LogP contribution in [0.4, 0.5) is 11.4 Å². The van der Waals surface area contributed by atoms with E-state index < -0.39 is 5.25 Å². The number of nitrogens with zero attached hydrogens (tertiary/aromatic N) is 2. The van der Waals surface area contributed by atoms with Crippen LogP contribution >= 0.6 is 11.8 Å². The summed E-state index contributed by atoms with van der Waals surface area (Å²) in [5, 5.41) is 2.09. The summed E-state index contributed by atoms with van der Waals surface area (Å²) < 4.78 is 0. The van der Waals surface area contributed by atoms with E-state index in [1.54, 1.807) is 4.90 Å². The van der Waals surface area contributed by atoms with E-state index >= 15 is 0 Å². The van der Waals surface area contributed by atoms with Gasteiger partial charge in [-0.05, 0) is 49.4 Å². The Bertz CT molecular complexity index is 988. The third-order valence-electron chi connectivity index (χ3n) is 5.76. The number of aryl methyl sites for hydroxylation is 1. The second-order valence-electron chi connectivity index (χ2n) is 7.83. The molecule has 2 aromatic carbocycles. The highest BCUT2D eigenvalue weighted by Crippen LogP contribution is 2.40.